The summed E-state index contributed by atoms with van der Waals surface area (Å²) in [5, 5.41) is 4.20. The lowest BCUT2D eigenvalue weighted by molar-refractivity contribution is 0.481. The normalized spacial score (nSPS) is 11.1. The third kappa shape index (κ3) is 4.51. The molecule has 0 saturated carbocycles. The highest BCUT2D eigenvalue weighted by atomic mass is 35.5. The Balaban J connectivity index is 2.17. The van der Waals surface area contributed by atoms with E-state index >= 15 is 0 Å². The third-order valence-electron chi connectivity index (χ3n) is 3.35. The van der Waals surface area contributed by atoms with Gasteiger partial charge in [0.15, 0.2) is 0 Å². The Labute approximate surface area is 131 Å². The van der Waals surface area contributed by atoms with Crippen LogP contribution in [0.5, 0.6) is 0 Å². The first-order chi connectivity index (χ1) is 9.95. The summed E-state index contributed by atoms with van der Waals surface area (Å²) in [6.45, 7) is 7.80. The fourth-order valence-electron chi connectivity index (χ4n) is 2.24. The molecule has 1 N–H and O–H groups in total. The number of hydrogen-bond acceptors (Lipinski definition) is 3. The SMILES string of the molecule is Cc1ccc(CN(C)c2cc(Cl)ccc2CNC(C)C)o1. The van der Waals surface area contributed by atoms with E-state index in [2.05, 4.69) is 37.2 Å². The van der Waals surface area contributed by atoms with Crippen LogP contribution in [0.1, 0.15) is 30.9 Å². The molecule has 1 aromatic carbocycles. The van der Waals surface area contributed by atoms with E-state index < -0.39 is 0 Å². The van der Waals surface area contributed by atoms with Crippen LogP contribution in [0.3, 0.4) is 0 Å². The van der Waals surface area contributed by atoms with E-state index in [-0.39, 0.29) is 0 Å². The van der Waals surface area contributed by atoms with Gasteiger partial charge in [0, 0.05) is 30.3 Å². The number of halogens is 1. The second-order valence-electron chi connectivity index (χ2n) is 5.68. The maximum Gasteiger partial charge on any atom is 0.123 e. The summed E-state index contributed by atoms with van der Waals surface area (Å²) in [6.07, 6.45) is 0. The van der Waals surface area contributed by atoms with Gasteiger partial charge in [-0.3, -0.25) is 0 Å². The van der Waals surface area contributed by atoms with Crippen molar-refractivity contribution in [3.05, 3.63) is 52.4 Å². The molecule has 1 heterocycles. The minimum Gasteiger partial charge on any atom is -0.464 e. The zero-order chi connectivity index (χ0) is 15.4. The molecule has 2 aromatic rings. The molecule has 1 aromatic heterocycles. The van der Waals surface area contributed by atoms with E-state index in [4.69, 9.17) is 16.0 Å². The van der Waals surface area contributed by atoms with E-state index in [9.17, 15) is 0 Å². The van der Waals surface area contributed by atoms with Crippen LogP contribution in [0.4, 0.5) is 5.69 Å². The summed E-state index contributed by atoms with van der Waals surface area (Å²) >= 11 is 6.16. The van der Waals surface area contributed by atoms with Crippen molar-refractivity contribution >= 4 is 17.3 Å². The average Bonchev–Trinajstić information content (AvgIpc) is 2.82. The van der Waals surface area contributed by atoms with Crippen LogP contribution in [-0.4, -0.2) is 13.1 Å². The Kier molecular flexibility index (Phi) is 5.32. The maximum atomic E-state index is 6.16. The summed E-state index contributed by atoms with van der Waals surface area (Å²) in [6, 6.07) is 10.5. The lowest BCUT2D eigenvalue weighted by Gasteiger charge is -2.22. The fraction of sp³-hybridized carbons (Fsp3) is 0.412. The molecule has 3 nitrogen and oxygen atoms in total. The Morgan fingerprint density at radius 3 is 2.62 bits per heavy atom. The number of nitrogens with one attached hydrogen (secondary N) is 1. The van der Waals surface area contributed by atoms with Gasteiger partial charge >= 0.3 is 0 Å². The Hall–Kier alpha value is -1.45. The highest BCUT2D eigenvalue weighted by molar-refractivity contribution is 6.30. The van der Waals surface area contributed by atoms with Crippen molar-refractivity contribution in [2.75, 3.05) is 11.9 Å². The van der Waals surface area contributed by atoms with Crippen LogP contribution in [0.15, 0.2) is 34.7 Å². The average molecular weight is 307 g/mol. The summed E-state index contributed by atoms with van der Waals surface area (Å²) in [5.74, 6) is 1.89. The number of hydrogen-bond donors (Lipinski definition) is 1. The van der Waals surface area contributed by atoms with Gasteiger partial charge < -0.3 is 14.6 Å². The van der Waals surface area contributed by atoms with Gasteiger partial charge in [0.1, 0.15) is 11.5 Å². The first-order valence-electron chi connectivity index (χ1n) is 7.24. The number of aryl methyl sites for hydroxylation is 1. The van der Waals surface area contributed by atoms with Crippen molar-refractivity contribution in [1.29, 1.82) is 0 Å². The minimum absolute atomic E-state index is 0.451. The molecule has 0 bridgehead atoms. The molecule has 0 fully saturated rings. The molecule has 4 heteroatoms. The fourth-order valence-corrected chi connectivity index (χ4v) is 2.41. The summed E-state index contributed by atoms with van der Waals surface area (Å²) in [5.41, 5.74) is 2.36. The van der Waals surface area contributed by atoms with Gasteiger partial charge in [-0.25, -0.2) is 0 Å². The van der Waals surface area contributed by atoms with Gasteiger partial charge in [0.05, 0.1) is 6.54 Å². The van der Waals surface area contributed by atoms with Gasteiger partial charge in [-0.15, -0.1) is 0 Å². The van der Waals surface area contributed by atoms with Crippen molar-refractivity contribution in [3.63, 3.8) is 0 Å². The molecule has 0 radical (unpaired) electrons. The van der Waals surface area contributed by atoms with Crippen molar-refractivity contribution in [2.45, 2.75) is 39.9 Å². The smallest absolute Gasteiger partial charge is 0.123 e. The first-order valence-corrected chi connectivity index (χ1v) is 7.61. The van der Waals surface area contributed by atoms with Crippen LogP contribution in [-0.2, 0) is 13.1 Å². The lowest BCUT2D eigenvalue weighted by Crippen LogP contribution is -2.24. The molecule has 0 saturated heterocycles. The van der Waals surface area contributed by atoms with E-state index in [0.29, 0.717) is 6.04 Å². The summed E-state index contributed by atoms with van der Waals surface area (Å²) in [7, 11) is 2.06. The highest BCUT2D eigenvalue weighted by Gasteiger charge is 2.11. The van der Waals surface area contributed by atoms with E-state index in [1.165, 1.54) is 5.56 Å². The first kappa shape index (κ1) is 15.9. The number of nitrogens with zero attached hydrogens (tertiary/aromatic N) is 1. The van der Waals surface area contributed by atoms with Gasteiger partial charge in [0.25, 0.3) is 0 Å². The molecule has 21 heavy (non-hydrogen) atoms. The monoisotopic (exact) mass is 306 g/mol. The molecule has 114 valence electrons. The van der Waals surface area contributed by atoms with Crippen LogP contribution >= 0.6 is 11.6 Å². The van der Waals surface area contributed by atoms with Crippen molar-refractivity contribution in [2.24, 2.45) is 0 Å². The van der Waals surface area contributed by atoms with Gasteiger partial charge in [-0.2, -0.15) is 0 Å². The molecule has 0 aliphatic carbocycles. The van der Waals surface area contributed by atoms with Crippen molar-refractivity contribution in [3.8, 4) is 0 Å². The van der Waals surface area contributed by atoms with Gasteiger partial charge in [-0.1, -0.05) is 31.5 Å². The van der Waals surface area contributed by atoms with E-state index in [0.717, 1.165) is 35.3 Å². The molecule has 2 rings (SSSR count). The molecular weight excluding hydrogens is 284 g/mol. The summed E-state index contributed by atoms with van der Waals surface area (Å²) in [4.78, 5) is 2.17. The lowest BCUT2D eigenvalue weighted by atomic mass is 10.1. The molecule has 0 spiro atoms. The van der Waals surface area contributed by atoms with Gasteiger partial charge in [0.2, 0.25) is 0 Å². The Bertz CT molecular complexity index is 592. The predicted octanol–water partition coefficient (Wildman–Crippen LogP) is 4.38. The maximum absolute atomic E-state index is 6.16. The zero-order valence-corrected chi connectivity index (χ0v) is 13.9. The van der Waals surface area contributed by atoms with Crippen molar-refractivity contribution in [1.82, 2.24) is 5.32 Å². The number of furan rings is 1. The molecule has 0 atom stereocenters. The molecule has 0 aliphatic heterocycles. The molecular formula is C17H23ClN2O. The largest absolute Gasteiger partial charge is 0.464 e. The zero-order valence-electron chi connectivity index (χ0n) is 13.1. The minimum atomic E-state index is 0.451. The molecule has 0 amide bonds. The van der Waals surface area contributed by atoms with E-state index in [1.54, 1.807) is 0 Å². The highest BCUT2D eigenvalue weighted by Crippen LogP contribution is 2.26. The second kappa shape index (κ2) is 7.01. The second-order valence-corrected chi connectivity index (χ2v) is 6.11. The Morgan fingerprint density at radius 2 is 2.00 bits per heavy atom. The number of rotatable bonds is 6. The predicted molar refractivity (Wildman–Crippen MR) is 89.0 cm³/mol. The number of benzene rings is 1. The standard InChI is InChI=1S/C17H23ClN2O/c1-12(2)19-10-14-6-7-15(18)9-17(14)20(4)11-16-8-5-13(3)21-16/h5-9,12,19H,10-11H2,1-4H3. The van der Waals surface area contributed by atoms with E-state index in [1.807, 2.05) is 31.2 Å². The van der Waals surface area contributed by atoms with Crippen LogP contribution in [0.2, 0.25) is 5.02 Å². The van der Waals surface area contributed by atoms with Crippen LogP contribution in [0, 0.1) is 6.92 Å². The van der Waals surface area contributed by atoms with Crippen LogP contribution < -0.4 is 10.2 Å². The molecule has 0 unspecified atom stereocenters. The Morgan fingerprint density at radius 1 is 1.24 bits per heavy atom. The number of anilines is 1. The quantitative estimate of drug-likeness (QED) is 0.858. The third-order valence-corrected chi connectivity index (χ3v) is 3.58. The van der Waals surface area contributed by atoms with Crippen LogP contribution in [0.25, 0.3) is 0 Å². The topological polar surface area (TPSA) is 28.4 Å². The van der Waals surface area contributed by atoms with Gasteiger partial charge in [-0.05, 0) is 36.8 Å². The molecule has 0 aliphatic rings. The summed E-state index contributed by atoms with van der Waals surface area (Å²) < 4.78 is 5.65. The van der Waals surface area contributed by atoms with Crippen molar-refractivity contribution < 1.29 is 4.42 Å².